The maximum atomic E-state index is 9.55. The molecule has 0 bridgehead atoms. The monoisotopic (exact) mass is 459 g/mol. The summed E-state index contributed by atoms with van der Waals surface area (Å²) in [6.45, 7) is 5.95. The van der Waals surface area contributed by atoms with Crippen molar-refractivity contribution in [3.8, 4) is 10.4 Å². The third kappa shape index (κ3) is 7.57. The number of carboxylic acid groups (broad SMARTS) is 2. The Bertz CT molecular complexity index is 993. The number of carbonyl (C=O) groups is 2. The molecule has 0 spiro atoms. The minimum absolute atomic E-state index is 0.558. The van der Waals surface area contributed by atoms with Crippen molar-refractivity contribution in [3.05, 3.63) is 60.6 Å². The number of nitrogens with zero attached hydrogens (tertiary/aromatic N) is 3. The number of hydrogen-bond donors (Lipinski definition) is 2. The Morgan fingerprint density at radius 1 is 1.09 bits per heavy atom. The van der Waals surface area contributed by atoms with Gasteiger partial charge in [-0.2, -0.15) is 0 Å². The quantitative estimate of drug-likeness (QED) is 0.390. The van der Waals surface area contributed by atoms with E-state index in [4.69, 9.17) is 19.7 Å². The van der Waals surface area contributed by atoms with Gasteiger partial charge in [0.25, 0.3) is 0 Å². The molecule has 4 rings (SSSR count). The second kappa shape index (κ2) is 12.1. The number of ether oxygens (including phenoxy) is 2. The first-order valence-electron chi connectivity index (χ1n) is 10.1. The average Bonchev–Trinajstić information content (AvgIpc) is 3.36. The summed E-state index contributed by atoms with van der Waals surface area (Å²) in [6.07, 6.45) is 5.32. The van der Waals surface area contributed by atoms with Crippen LogP contribution in [0.15, 0.2) is 54.9 Å². The van der Waals surface area contributed by atoms with Crippen LogP contribution >= 0.6 is 11.3 Å². The fraction of sp³-hybridized carbons (Fsp3) is 0.318. The summed E-state index contributed by atoms with van der Waals surface area (Å²) >= 11 is 1.71. The van der Waals surface area contributed by atoms with Gasteiger partial charge in [0.15, 0.2) is 4.96 Å². The highest BCUT2D eigenvalue weighted by atomic mass is 32.1. The molecule has 9 nitrogen and oxygen atoms in total. The van der Waals surface area contributed by atoms with Crippen molar-refractivity contribution in [1.29, 1.82) is 0 Å². The molecule has 2 aromatic heterocycles. The number of aliphatic carboxylic acids is 2. The summed E-state index contributed by atoms with van der Waals surface area (Å²) in [7, 11) is 0. The number of thiazole rings is 1. The summed E-state index contributed by atoms with van der Waals surface area (Å²) in [6, 6.07) is 10.4. The highest BCUT2D eigenvalue weighted by Gasteiger charge is 2.11. The largest absolute Gasteiger partial charge is 0.478 e. The van der Waals surface area contributed by atoms with Crippen molar-refractivity contribution < 1.29 is 29.3 Å². The van der Waals surface area contributed by atoms with Gasteiger partial charge in [0, 0.05) is 44.2 Å². The summed E-state index contributed by atoms with van der Waals surface area (Å²) in [5.41, 5.74) is 2.22. The number of carboxylic acids is 2. The molecule has 3 aromatic rings. The van der Waals surface area contributed by atoms with Crippen LogP contribution in [-0.2, 0) is 25.7 Å². The van der Waals surface area contributed by atoms with Crippen LogP contribution in [0, 0.1) is 0 Å². The third-order valence-corrected chi connectivity index (χ3v) is 5.58. The Labute approximate surface area is 189 Å². The fourth-order valence-electron chi connectivity index (χ4n) is 2.99. The minimum atomic E-state index is -1.26. The molecule has 1 fully saturated rings. The molecule has 2 N–H and O–H groups in total. The summed E-state index contributed by atoms with van der Waals surface area (Å²) < 4.78 is 13.2. The van der Waals surface area contributed by atoms with Gasteiger partial charge in [-0.05, 0) is 5.56 Å². The predicted octanol–water partition coefficient (Wildman–Crippen LogP) is 2.62. The van der Waals surface area contributed by atoms with E-state index in [9.17, 15) is 9.59 Å². The van der Waals surface area contributed by atoms with E-state index < -0.39 is 11.9 Å². The molecule has 0 atom stereocenters. The third-order valence-electron chi connectivity index (χ3n) is 4.54. The normalized spacial score (nSPS) is 14.4. The Morgan fingerprint density at radius 3 is 2.41 bits per heavy atom. The first-order chi connectivity index (χ1) is 15.5. The molecule has 0 aliphatic carbocycles. The zero-order chi connectivity index (χ0) is 22.8. The van der Waals surface area contributed by atoms with E-state index >= 15 is 0 Å². The molecule has 1 aliphatic rings. The van der Waals surface area contributed by atoms with Crippen molar-refractivity contribution in [1.82, 2.24) is 14.3 Å². The van der Waals surface area contributed by atoms with E-state index in [-0.39, 0.29) is 0 Å². The van der Waals surface area contributed by atoms with E-state index in [1.54, 1.807) is 11.3 Å². The van der Waals surface area contributed by atoms with Gasteiger partial charge >= 0.3 is 11.9 Å². The summed E-state index contributed by atoms with van der Waals surface area (Å²) in [5.74, 6) is -2.51. The minimum Gasteiger partial charge on any atom is -0.478 e. The van der Waals surface area contributed by atoms with Gasteiger partial charge in [-0.15, -0.1) is 0 Å². The van der Waals surface area contributed by atoms with E-state index in [0.717, 1.165) is 50.1 Å². The highest BCUT2D eigenvalue weighted by Crippen LogP contribution is 2.28. The molecular weight excluding hydrogens is 434 g/mol. The van der Waals surface area contributed by atoms with Crippen LogP contribution in [0.4, 0.5) is 0 Å². The second-order valence-electron chi connectivity index (χ2n) is 6.90. The van der Waals surface area contributed by atoms with Crippen molar-refractivity contribution in [3.63, 3.8) is 0 Å². The van der Waals surface area contributed by atoms with Crippen LogP contribution in [0.1, 0.15) is 5.69 Å². The molecule has 170 valence electrons. The Hall–Kier alpha value is -3.05. The van der Waals surface area contributed by atoms with Gasteiger partial charge in [-0.3, -0.25) is 9.30 Å². The van der Waals surface area contributed by atoms with E-state index in [1.807, 2.05) is 6.07 Å². The second-order valence-corrected chi connectivity index (χ2v) is 7.91. The molecule has 1 saturated heterocycles. The standard InChI is InChI=1S/C18H21N3O2S.C4H4O4/c1-2-4-15(5-3-1)17-13-21-12-16(19-18(21)24-17)14-23-11-8-20-6-9-22-10-7-20;5-3(6)1-2-4(7)8/h1-5,12-13H,6-11,14H2;1-2H,(H,5,6)(H,7,8)/b;2-1-. The van der Waals surface area contributed by atoms with Crippen molar-refractivity contribution in [2.24, 2.45) is 0 Å². The first-order valence-corrected chi connectivity index (χ1v) is 10.9. The lowest BCUT2D eigenvalue weighted by molar-refractivity contribution is -0.134. The number of fused-ring (bicyclic) bond motifs is 1. The summed E-state index contributed by atoms with van der Waals surface area (Å²) in [4.78, 5) is 28.4. The van der Waals surface area contributed by atoms with Gasteiger partial charge < -0.3 is 19.7 Å². The lowest BCUT2D eigenvalue weighted by Crippen LogP contribution is -2.38. The number of benzene rings is 1. The highest BCUT2D eigenvalue weighted by molar-refractivity contribution is 7.20. The zero-order valence-corrected chi connectivity index (χ0v) is 18.2. The molecule has 0 amide bonds. The maximum absolute atomic E-state index is 9.55. The van der Waals surface area contributed by atoms with Gasteiger partial charge in [-0.1, -0.05) is 41.7 Å². The Kier molecular flexibility index (Phi) is 8.93. The van der Waals surface area contributed by atoms with E-state index in [1.165, 1.54) is 10.4 Å². The van der Waals surface area contributed by atoms with Crippen LogP contribution in [0.25, 0.3) is 15.4 Å². The van der Waals surface area contributed by atoms with Gasteiger partial charge in [-0.25, -0.2) is 14.6 Å². The first kappa shape index (κ1) is 23.6. The Balaban J connectivity index is 0.000000312. The number of aromatic nitrogens is 2. The van der Waals surface area contributed by atoms with Crippen molar-refractivity contribution >= 4 is 28.2 Å². The number of rotatable bonds is 8. The summed E-state index contributed by atoms with van der Waals surface area (Å²) in [5, 5.41) is 15.6. The zero-order valence-electron chi connectivity index (χ0n) is 17.4. The van der Waals surface area contributed by atoms with Crippen molar-refractivity contribution in [2.45, 2.75) is 6.61 Å². The average molecular weight is 460 g/mol. The predicted molar refractivity (Wildman–Crippen MR) is 120 cm³/mol. The van der Waals surface area contributed by atoms with E-state index in [2.05, 4.69) is 50.9 Å². The molecule has 1 aromatic carbocycles. The lowest BCUT2D eigenvalue weighted by atomic mass is 10.2. The van der Waals surface area contributed by atoms with Crippen LogP contribution in [0.3, 0.4) is 0 Å². The van der Waals surface area contributed by atoms with Crippen LogP contribution in [0.2, 0.25) is 0 Å². The molecular formula is C22H25N3O6S. The molecule has 0 radical (unpaired) electrons. The molecule has 3 heterocycles. The molecule has 32 heavy (non-hydrogen) atoms. The van der Waals surface area contributed by atoms with Crippen LogP contribution in [-0.4, -0.2) is 75.9 Å². The molecule has 0 saturated carbocycles. The lowest BCUT2D eigenvalue weighted by Gasteiger charge is -2.26. The van der Waals surface area contributed by atoms with Crippen LogP contribution < -0.4 is 0 Å². The molecule has 0 unspecified atom stereocenters. The maximum Gasteiger partial charge on any atom is 0.328 e. The Morgan fingerprint density at radius 2 is 1.78 bits per heavy atom. The number of morpholine rings is 1. The number of hydrogen-bond acceptors (Lipinski definition) is 7. The smallest absolute Gasteiger partial charge is 0.328 e. The topological polar surface area (TPSA) is 114 Å². The van der Waals surface area contributed by atoms with Crippen molar-refractivity contribution in [2.75, 3.05) is 39.5 Å². The SMILES string of the molecule is O=C(O)/C=C\C(=O)O.c1ccc(-c2cn3cc(COCCN4CCOCC4)nc3s2)cc1. The van der Waals surface area contributed by atoms with Gasteiger partial charge in [0.2, 0.25) is 0 Å². The van der Waals surface area contributed by atoms with Gasteiger partial charge in [0.05, 0.1) is 37.0 Å². The van der Waals surface area contributed by atoms with Crippen LogP contribution in [0.5, 0.6) is 0 Å². The van der Waals surface area contributed by atoms with Gasteiger partial charge in [0.1, 0.15) is 0 Å². The number of imidazole rings is 1. The molecule has 1 aliphatic heterocycles. The van der Waals surface area contributed by atoms with E-state index in [0.29, 0.717) is 18.8 Å². The fourth-order valence-corrected chi connectivity index (χ4v) is 3.98. The molecule has 10 heteroatoms.